The summed E-state index contributed by atoms with van der Waals surface area (Å²) < 4.78 is -0.0302. The number of benzene rings is 7. The molecule has 0 aliphatic heterocycles. The van der Waals surface area contributed by atoms with Crippen LogP contribution in [0.2, 0.25) is 78.6 Å². The van der Waals surface area contributed by atoms with Gasteiger partial charge in [-0.25, -0.2) is 0 Å². The Morgan fingerprint density at radius 3 is 1.19 bits per heavy atom. The zero-order valence-corrected chi connectivity index (χ0v) is 41.4. The lowest BCUT2D eigenvalue weighted by Crippen LogP contribution is -2.63. The first kappa shape index (κ1) is 41.0. The van der Waals surface area contributed by atoms with Crippen molar-refractivity contribution in [2.75, 3.05) is 9.80 Å². The second-order valence-electron chi connectivity index (χ2n) is 20.8. The van der Waals surface area contributed by atoms with E-state index in [0.717, 1.165) is 0 Å². The second kappa shape index (κ2) is 14.8. The van der Waals surface area contributed by atoms with Crippen LogP contribution in [0.1, 0.15) is 11.1 Å². The number of fused-ring (bicyclic) bond motifs is 5. The van der Waals surface area contributed by atoms with Gasteiger partial charge in [0.1, 0.15) is 0 Å². The summed E-state index contributed by atoms with van der Waals surface area (Å²) in [6.45, 7) is 30.4. The molecule has 0 N–H and O–H groups in total. The molecule has 0 amide bonds. The van der Waals surface area contributed by atoms with E-state index >= 15 is 0 Å². The SMILES string of the molecule is C[Si](C)(C)c1ccc(N(c2ccccc2)c2ccc3c(c2)C([Si](C)(C)C)([Si](C)(C)C)c2c-3ccc3cc(N(c4ccccc4)c4ccc([Si](C)(C)C)cc4)ccc23)cc1. The predicted octanol–water partition coefficient (Wildman–Crippen LogP) is 14.9. The minimum atomic E-state index is -2.00. The van der Waals surface area contributed by atoms with Gasteiger partial charge in [-0.1, -0.05) is 174 Å². The Labute approximate surface area is 358 Å². The van der Waals surface area contributed by atoms with Gasteiger partial charge in [0, 0.05) is 38.8 Å². The van der Waals surface area contributed by atoms with Crippen molar-refractivity contribution in [3.63, 3.8) is 0 Å². The molecule has 0 radical (unpaired) electrons. The van der Waals surface area contributed by atoms with Gasteiger partial charge in [-0.2, -0.15) is 0 Å². The Hall–Kier alpha value is -4.73. The highest BCUT2D eigenvalue weighted by atomic mass is 28.4. The van der Waals surface area contributed by atoms with E-state index in [0.29, 0.717) is 0 Å². The van der Waals surface area contributed by atoms with Crippen LogP contribution in [0.15, 0.2) is 158 Å². The fraction of sp³-hybridized carbons (Fsp3) is 0.245. The number of nitrogens with zero attached hydrogens (tertiary/aromatic N) is 2. The molecule has 0 heterocycles. The molecule has 2 nitrogen and oxygen atoms in total. The van der Waals surface area contributed by atoms with Crippen LogP contribution in [0.5, 0.6) is 0 Å². The molecule has 0 unspecified atom stereocenters. The first-order valence-corrected chi connectivity index (χ1v) is 35.4. The monoisotopic (exact) mass is 838 g/mol. The van der Waals surface area contributed by atoms with Crippen molar-refractivity contribution >= 4 is 87.6 Å². The topological polar surface area (TPSA) is 6.48 Å². The van der Waals surface area contributed by atoms with Gasteiger partial charge in [0.2, 0.25) is 0 Å². The Balaban J connectivity index is 1.33. The van der Waals surface area contributed by atoms with Crippen molar-refractivity contribution in [1.82, 2.24) is 0 Å². The van der Waals surface area contributed by atoms with Gasteiger partial charge in [0.05, 0.1) is 32.3 Å². The van der Waals surface area contributed by atoms with Crippen LogP contribution in [0.3, 0.4) is 0 Å². The average molecular weight is 839 g/mol. The van der Waals surface area contributed by atoms with Crippen LogP contribution in [-0.4, -0.2) is 32.3 Å². The van der Waals surface area contributed by atoms with Crippen LogP contribution in [0.25, 0.3) is 21.9 Å². The molecule has 0 spiro atoms. The van der Waals surface area contributed by atoms with E-state index in [2.05, 4.69) is 246 Å². The number of hydrogen-bond donors (Lipinski definition) is 0. The molecule has 0 aromatic heterocycles. The van der Waals surface area contributed by atoms with E-state index in [1.54, 1.807) is 5.56 Å². The van der Waals surface area contributed by atoms with E-state index in [4.69, 9.17) is 0 Å². The third-order valence-corrected chi connectivity index (χ3v) is 27.0. The molecule has 7 aromatic rings. The predicted molar refractivity (Wildman–Crippen MR) is 272 cm³/mol. The highest BCUT2D eigenvalue weighted by Gasteiger charge is 2.59. The Morgan fingerprint density at radius 2 is 0.746 bits per heavy atom. The third kappa shape index (κ3) is 7.12. The molecule has 59 heavy (non-hydrogen) atoms. The van der Waals surface area contributed by atoms with E-state index in [1.807, 2.05) is 0 Å². The van der Waals surface area contributed by atoms with E-state index in [-0.39, 0.29) is 4.66 Å². The Kier molecular flexibility index (Phi) is 10.3. The minimum absolute atomic E-state index is 0.0302. The van der Waals surface area contributed by atoms with Gasteiger partial charge in [-0.15, -0.1) is 0 Å². The summed E-state index contributed by atoms with van der Waals surface area (Å²) in [5, 5.41) is 5.67. The Morgan fingerprint density at radius 1 is 0.356 bits per heavy atom. The molecule has 1 aliphatic carbocycles. The van der Waals surface area contributed by atoms with Crippen molar-refractivity contribution in [3.8, 4) is 11.1 Å². The van der Waals surface area contributed by atoms with Crippen LogP contribution < -0.4 is 20.2 Å². The molecule has 0 saturated carbocycles. The number of anilines is 6. The zero-order chi connectivity index (χ0) is 42.1. The summed E-state index contributed by atoms with van der Waals surface area (Å²) in [7, 11) is -6.87. The maximum absolute atomic E-state index is 2.63. The average Bonchev–Trinajstić information content (AvgIpc) is 3.51. The molecular weight excluding hydrogens is 777 g/mol. The van der Waals surface area contributed by atoms with Gasteiger partial charge in [0.15, 0.2) is 0 Å². The highest BCUT2D eigenvalue weighted by molar-refractivity contribution is 7.00. The largest absolute Gasteiger partial charge is 0.310 e. The normalized spacial score (nSPS) is 13.9. The Bertz CT molecular complexity index is 2610. The lowest BCUT2D eigenvalue weighted by atomic mass is 9.98. The maximum Gasteiger partial charge on any atom is 0.0775 e. The zero-order valence-electron chi connectivity index (χ0n) is 37.4. The van der Waals surface area contributed by atoms with Gasteiger partial charge in [-0.3, -0.25) is 0 Å². The van der Waals surface area contributed by atoms with Crippen molar-refractivity contribution in [2.24, 2.45) is 0 Å². The summed E-state index contributed by atoms with van der Waals surface area (Å²) >= 11 is 0. The molecule has 1 aliphatic rings. The molecule has 0 fully saturated rings. The molecule has 8 rings (SSSR count). The van der Waals surface area contributed by atoms with Gasteiger partial charge >= 0.3 is 0 Å². The summed E-state index contributed by atoms with van der Waals surface area (Å²) in [5.74, 6) is 0. The number of rotatable bonds is 10. The van der Waals surface area contributed by atoms with E-state index in [1.165, 1.54) is 72.0 Å². The smallest absolute Gasteiger partial charge is 0.0775 e. The van der Waals surface area contributed by atoms with Crippen molar-refractivity contribution < 1.29 is 0 Å². The van der Waals surface area contributed by atoms with Crippen LogP contribution in [0.4, 0.5) is 34.1 Å². The van der Waals surface area contributed by atoms with Crippen molar-refractivity contribution in [2.45, 2.75) is 83.2 Å². The van der Waals surface area contributed by atoms with Crippen LogP contribution >= 0.6 is 0 Å². The van der Waals surface area contributed by atoms with Gasteiger partial charge in [-0.05, 0) is 106 Å². The molecule has 0 bridgehead atoms. The van der Waals surface area contributed by atoms with Crippen LogP contribution in [0, 0.1) is 0 Å². The molecule has 300 valence electrons. The fourth-order valence-corrected chi connectivity index (χ4v) is 25.8. The first-order valence-electron chi connectivity index (χ1n) is 21.4. The number of hydrogen-bond acceptors (Lipinski definition) is 2. The van der Waals surface area contributed by atoms with Gasteiger partial charge < -0.3 is 9.80 Å². The van der Waals surface area contributed by atoms with E-state index in [9.17, 15) is 0 Å². The van der Waals surface area contributed by atoms with Gasteiger partial charge in [0.25, 0.3) is 0 Å². The second-order valence-corrected chi connectivity index (χ2v) is 42.0. The van der Waals surface area contributed by atoms with Crippen molar-refractivity contribution in [1.29, 1.82) is 0 Å². The summed E-state index contributed by atoms with van der Waals surface area (Å²) in [6.07, 6.45) is 0. The minimum Gasteiger partial charge on any atom is -0.310 e. The van der Waals surface area contributed by atoms with Crippen molar-refractivity contribution in [3.05, 3.63) is 169 Å². The third-order valence-electron chi connectivity index (χ3n) is 12.9. The maximum atomic E-state index is 2.63. The van der Waals surface area contributed by atoms with Crippen LogP contribution in [-0.2, 0) is 4.66 Å². The standard InChI is InChI=1S/C53H62N2Si4/c1-56(2,3)46-30-24-42(25-31-46)54(40-19-15-13-16-20-40)44-28-35-48-39(37-44)23-34-50-49-36-29-45(38-51(49)53(52(48)50,58(7,8)9)59(10,11)12)55(41-21-17-14-18-22-41)43-26-32-47(33-27-43)57(4,5)6/h13-38H,1-12H3. The molecule has 6 heteroatoms. The summed E-state index contributed by atoms with van der Waals surface area (Å²) in [5.41, 5.74) is 13.1. The quantitative estimate of drug-likeness (QED) is 0.127. The summed E-state index contributed by atoms with van der Waals surface area (Å²) in [6, 6.07) is 60.2. The lowest BCUT2D eigenvalue weighted by molar-refractivity contribution is 0.961. The summed E-state index contributed by atoms with van der Waals surface area (Å²) in [4.78, 5) is 4.91. The highest BCUT2D eigenvalue weighted by Crippen LogP contribution is 2.60. The fourth-order valence-electron chi connectivity index (χ4n) is 10.4. The van der Waals surface area contributed by atoms with E-state index < -0.39 is 32.3 Å². The molecule has 7 aromatic carbocycles. The number of para-hydroxylation sites is 2. The molecule has 0 saturated heterocycles. The first-order chi connectivity index (χ1) is 27.8. The lowest BCUT2D eigenvalue weighted by Gasteiger charge is -2.51. The molecular formula is C53H62N2Si4. The molecule has 0 atom stereocenters.